The Morgan fingerprint density at radius 3 is 2.20 bits per heavy atom. The van der Waals surface area contributed by atoms with Crippen molar-refractivity contribution >= 4 is 0 Å². The van der Waals surface area contributed by atoms with Crippen LogP contribution in [-0.4, -0.2) is 0 Å². The van der Waals surface area contributed by atoms with Gasteiger partial charge in [-0.05, 0) is 55.2 Å². The molecule has 82 valence electrons. The van der Waals surface area contributed by atoms with Gasteiger partial charge in [0.1, 0.15) is 0 Å². The first-order chi connectivity index (χ1) is 7.16. The zero-order valence-electron chi connectivity index (χ0n) is 10.2. The maximum atomic E-state index is 2.40. The molecule has 0 amide bonds. The summed E-state index contributed by atoms with van der Waals surface area (Å²) in [6.07, 6.45) is 5.61. The summed E-state index contributed by atoms with van der Waals surface area (Å²) in [5.74, 6) is 1.79. The van der Waals surface area contributed by atoms with Crippen molar-refractivity contribution in [3.8, 4) is 0 Å². The molecule has 0 aromatic heterocycles. The summed E-state index contributed by atoms with van der Waals surface area (Å²) >= 11 is 0. The van der Waals surface area contributed by atoms with E-state index in [9.17, 15) is 0 Å². The number of hydrogen-bond acceptors (Lipinski definition) is 0. The Labute approximate surface area is 93.7 Å². The highest BCUT2D eigenvalue weighted by Crippen LogP contribution is 2.35. The van der Waals surface area contributed by atoms with E-state index in [0.717, 1.165) is 11.8 Å². The van der Waals surface area contributed by atoms with E-state index < -0.39 is 0 Å². The van der Waals surface area contributed by atoms with Crippen LogP contribution >= 0.6 is 0 Å². The summed E-state index contributed by atoms with van der Waals surface area (Å²) in [4.78, 5) is 0. The minimum absolute atomic E-state index is 0.834. The zero-order chi connectivity index (χ0) is 10.8. The first-order valence-corrected chi connectivity index (χ1v) is 6.24. The second-order valence-electron chi connectivity index (χ2n) is 5.30. The Hall–Kier alpha value is -0.780. The van der Waals surface area contributed by atoms with Crippen LogP contribution in [0, 0.1) is 19.8 Å². The lowest BCUT2D eigenvalue weighted by atomic mass is 9.79. The van der Waals surface area contributed by atoms with Crippen LogP contribution in [0.3, 0.4) is 0 Å². The average Bonchev–Trinajstić information content (AvgIpc) is 2.23. The molecule has 0 bridgehead atoms. The fourth-order valence-electron chi connectivity index (χ4n) is 2.61. The van der Waals surface area contributed by atoms with Crippen molar-refractivity contribution in [3.05, 3.63) is 34.9 Å². The van der Waals surface area contributed by atoms with Gasteiger partial charge in [-0.2, -0.15) is 0 Å². The number of benzene rings is 1. The lowest BCUT2D eigenvalue weighted by Gasteiger charge is -2.26. The molecule has 1 aliphatic rings. The molecule has 1 saturated carbocycles. The number of hydrogen-bond donors (Lipinski definition) is 0. The van der Waals surface area contributed by atoms with Gasteiger partial charge in [0.25, 0.3) is 0 Å². The molecule has 0 atom stereocenters. The minimum atomic E-state index is 0.834. The standard InChI is InChI=1S/C15H22/c1-11-4-7-14(8-5-11)15-9-6-12(2)13(3)10-15/h6,9-11,14H,4-5,7-8H2,1-3H3. The molecular formula is C15H22. The van der Waals surface area contributed by atoms with Crippen LogP contribution in [0.25, 0.3) is 0 Å². The third-order valence-electron chi connectivity index (χ3n) is 4.02. The summed E-state index contributed by atoms with van der Waals surface area (Å²) in [6, 6.07) is 7.02. The maximum absolute atomic E-state index is 2.40. The molecule has 0 nitrogen and oxygen atoms in total. The van der Waals surface area contributed by atoms with Crippen molar-refractivity contribution in [1.29, 1.82) is 0 Å². The van der Waals surface area contributed by atoms with Crippen molar-refractivity contribution in [3.63, 3.8) is 0 Å². The molecule has 0 radical (unpaired) electrons. The fourth-order valence-corrected chi connectivity index (χ4v) is 2.61. The Kier molecular flexibility index (Phi) is 3.14. The molecule has 1 fully saturated rings. The molecule has 1 aliphatic carbocycles. The van der Waals surface area contributed by atoms with E-state index in [4.69, 9.17) is 0 Å². The van der Waals surface area contributed by atoms with Crippen LogP contribution in [0.15, 0.2) is 18.2 Å². The Balaban J connectivity index is 2.12. The zero-order valence-corrected chi connectivity index (χ0v) is 10.2. The van der Waals surface area contributed by atoms with Crippen molar-refractivity contribution in [1.82, 2.24) is 0 Å². The lowest BCUT2D eigenvalue weighted by molar-refractivity contribution is 0.348. The molecule has 0 N–H and O–H groups in total. The van der Waals surface area contributed by atoms with Crippen molar-refractivity contribution in [2.24, 2.45) is 5.92 Å². The van der Waals surface area contributed by atoms with E-state index in [2.05, 4.69) is 39.0 Å². The van der Waals surface area contributed by atoms with Gasteiger partial charge in [0.05, 0.1) is 0 Å². The Morgan fingerprint density at radius 2 is 1.60 bits per heavy atom. The summed E-state index contributed by atoms with van der Waals surface area (Å²) in [7, 11) is 0. The maximum Gasteiger partial charge on any atom is -0.0162 e. The van der Waals surface area contributed by atoms with E-state index in [1.165, 1.54) is 36.8 Å². The van der Waals surface area contributed by atoms with Crippen LogP contribution < -0.4 is 0 Å². The topological polar surface area (TPSA) is 0 Å². The van der Waals surface area contributed by atoms with Gasteiger partial charge in [-0.3, -0.25) is 0 Å². The fraction of sp³-hybridized carbons (Fsp3) is 0.600. The average molecular weight is 202 g/mol. The van der Waals surface area contributed by atoms with Gasteiger partial charge in [0.2, 0.25) is 0 Å². The van der Waals surface area contributed by atoms with E-state index in [0.29, 0.717) is 0 Å². The van der Waals surface area contributed by atoms with Crippen molar-refractivity contribution in [2.75, 3.05) is 0 Å². The van der Waals surface area contributed by atoms with Gasteiger partial charge >= 0.3 is 0 Å². The molecule has 0 saturated heterocycles. The van der Waals surface area contributed by atoms with Gasteiger partial charge in [0.15, 0.2) is 0 Å². The highest BCUT2D eigenvalue weighted by atomic mass is 14.2. The molecule has 0 unspecified atom stereocenters. The van der Waals surface area contributed by atoms with Crippen molar-refractivity contribution in [2.45, 2.75) is 52.4 Å². The van der Waals surface area contributed by atoms with Gasteiger partial charge in [0, 0.05) is 0 Å². The van der Waals surface area contributed by atoms with Crippen molar-refractivity contribution < 1.29 is 0 Å². The van der Waals surface area contributed by atoms with Crippen LogP contribution in [0.4, 0.5) is 0 Å². The van der Waals surface area contributed by atoms with Crippen LogP contribution in [0.2, 0.25) is 0 Å². The lowest BCUT2D eigenvalue weighted by Crippen LogP contribution is -2.10. The normalized spacial score (nSPS) is 26.6. The van der Waals surface area contributed by atoms with E-state index in [1.807, 2.05) is 0 Å². The Morgan fingerprint density at radius 1 is 0.933 bits per heavy atom. The predicted molar refractivity (Wildman–Crippen MR) is 66.3 cm³/mol. The van der Waals surface area contributed by atoms with Gasteiger partial charge in [-0.25, -0.2) is 0 Å². The predicted octanol–water partition coefficient (Wildman–Crippen LogP) is 4.60. The van der Waals surface area contributed by atoms with Crippen LogP contribution in [-0.2, 0) is 0 Å². The summed E-state index contributed by atoms with van der Waals surface area (Å²) in [5.41, 5.74) is 4.44. The molecule has 0 heteroatoms. The largest absolute Gasteiger partial charge is 0.0625 e. The molecule has 2 rings (SSSR count). The first-order valence-electron chi connectivity index (χ1n) is 6.24. The highest BCUT2D eigenvalue weighted by molar-refractivity contribution is 5.32. The van der Waals surface area contributed by atoms with Crippen LogP contribution in [0.1, 0.15) is 55.2 Å². The highest BCUT2D eigenvalue weighted by Gasteiger charge is 2.19. The third-order valence-corrected chi connectivity index (χ3v) is 4.02. The number of aryl methyl sites for hydroxylation is 2. The van der Waals surface area contributed by atoms with E-state index in [-0.39, 0.29) is 0 Å². The molecule has 1 aromatic rings. The van der Waals surface area contributed by atoms with E-state index in [1.54, 1.807) is 5.56 Å². The van der Waals surface area contributed by atoms with Gasteiger partial charge < -0.3 is 0 Å². The monoisotopic (exact) mass is 202 g/mol. The molecule has 15 heavy (non-hydrogen) atoms. The second-order valence-corrected chi connectivity index (χ2v) is 5.30. The summed E-state index contributed by atoms with van der Waals surface area (Å²) in [5, 5.41) is 0. The number of rotatable bonds is 1. The molecule has 0 aliphatic heterocycles. The molecule has 1 aromatic carbocycles. The quantitative estimate of drug-likeness (QED) is 0.624. The smallest absolute Gasteiger partial charge is 0.0162 e. The SMILES string of the molecule is Cc1ccc(C2CCC(C)CC2)cc1C. The summed E-state index contributed by atoms with van der Waals surface area (Å²) < 4.78 is 0. The third kappa shape index (κ3) is 2.42. The molecule has 0 spiro atoms. The molecule has 0 heterocycles. The summed E-state index contributed by atoms with van der Waals surface area (Å²) in [6.45, 7) is 6.81. The second kappa shape index (κ2) is 4.38. The van der Waals surface area contributed by atoms with E-state index >= 15 is 0 Å². The minimum Gasteiger partial charge on any atom is -0.0625 e. The van der Waals surface area contributed by atoms with Gasteiger partial charge in [-0.1, -0.05) is 38.0 Å². The first kappa shape index (κ1) is 10.7. The van der Waals surface area contributed by atoms with Crippen LogP contribution in [0.5, 0.6) is 0 Å². The molecular weight excluding hydrogens is 180 g/mol. The Bertz CT molecular complexity index is 330. The van der Waals surface area contributed by atoms with Gasteiger partial charge in [-0.15, -0.1) is 0 Å².